The highest BCUT2D eigenvalue weighted by molar-refractivity contribution is 5.89. The Hall–Kier alpha value is -2.38. The number of hydrogen-bond donors (Lipinski definition) is 1. The quantitative estimate of drug-likeness (QED) is 0.904. The van der Waals surface area contributed by atoms with Gasteiger partial charge in [-0.05, 0) is 13.8 Å². The van der Waals surface area contributed by atoms with Gasteiger partial charge in [0.05, 0.1) is 24.9 Å². The van der Waals surface area contributed by atoms with Crippen molar-refractivity contribution in [2.45, 2.75) is 25.9 Å². The number of anilines is 1. The number of carbonyl (C=O) groups excluding carboxylic acids is 1. The molecule has 7 nitrogen and oxygen atoms in total. The van der Waals surface area contributed by atoms with Crippen molar-refractivity contribution >= 4 is 11.8 Å². The Balaban J connectivity index is 1.50. The summed E-state index contributed by atoms with van der Waals surface area (Å²) in [6, 6.07) is 12.4. The van der Waals surface area contributed by atoms with Crippen LogP contribution in [0, 0.1) is 0 Å². The third-order valence-corrected chi connectivity index (χ3v) is 5.25. The van der Waals surface area contributed by atoms with Crippen LogP contribution in [0.25, 0.3) is 11.3 Å². The van der Waals surface area contributed by atoms with E-state index in [0.29, 0.717) is 19.2 Å². The molecule has 0 saturated carbocycles. The molecule has 1 unspecified atom stereocenters. The highest BCUT2D eigenvalue weighted by atomic mass is 16.5. The lowest BCUT2D eigenvalue weighted by atomic mass is 10.1. The first-order chi connectivity index (χ1) is 13.1. The van der Waals surface area contributed by atoms with E-state index < -0.39 is 0 Å². The van der Waals surface area contributed by atoms with Gasteiger partial charge in [-0.15, -0.1) is 0 Å². The van der Waals surface area contributed by atoms with Crippen LogP contribution in [0.1, 0.15) is 19.9 Å². The molecule has 0 radical (unpaired) electrons. The Morgan fingerprint density at radius 2 is 2.04 bits per heavy atom. The Labute approximate surface area is 159 Å². The van der Waals surface area contributed by atoms with Crippen LogP contribution in [0.15, 0.2) is 36.4 Å². The van der Waals surface area contributed by atoms with E-state index in [1.807, 2.05) is 46.0 Å². The number of nitrogens with one attached hydrogen (secondary N) is 1. The van der Waals surface area contributed by atoms with E-state index in [0.717, 1.165) is 43.3 Å². The molecule has 2 aliphatic rings. The van der Waals surface area contributed by atoms with Gasteiger partial charge in [-0.3, -0.25) is 10.2 Å². The minimum atomic E-state index is -0.0679. The van der Waals surface area contributed by atoms with E-state index >= 15 is 0 Å². The van der Waals surface area contributed by atoms with Crippen molar-refractivity contribution in [1.82, 2.24) is 19.6 Å². The zero-order valence-corrected chi connectivity index (χ0v) is 16.0. The minimum Gasteiger partial charge on any atom is -0.378 e. The summed E-state index contributed by atoms with van der Waals surface area (Å²) in [5, 5.41) is 7.77. The van der Waals surface area contributed by atoms with Gasteiger partial charge < -0.3 is 9.64 Å². The molecule has 1 atom stereocenters. The second kappa shape index (κ2) is 7.70. The van der Waals surface area contributed by atoms with E-state index in [2.05, 4.69) is 24.1 Å². The van der Waals surface area contributed by atoms with Gasteiger partial charge >= 0.3 is 6.03 Å². The smallest absolute Gasteiger partial charge is 0.323 e. The monoisotopic (exact) mass is 369 g/mol. The first-order valence-corrected chi connectivity index (χ1v) is 9.64. The number of aromatic nitrogens is 2. The topological polar surface area (TPSA) is 62.6 Å². The van der Waals surface area contributed by atoms with Crippen LogP contribution in [0.2, 0.25) is 0 Å². The predicted octanol–water partition coefficient (Wildman–Crippen LogP) is 2.68. The standard InChI is InChI=1S/C20H27N5O2/c1-15(2)25-19(12-18(22-25)16-6-4-3-5-7-16)21-20(26)24-9-8-23-10-11-27-14-17(23)13-24/h3-7,12,15,17H,8-11,13-14H2,1-2H3,(H,21,26). The second-order valence-electron chi connectivity index (χ2n) is 7.46. The lowest BCUT2D eigenvalue weighted by Crippen LogP contribution is -2.59. The van der Waals surface area contributed by atoms with Gasteiger partial charge in [0.2, 0.25) is 0 Å². The third-order valence-electron chi connectivity index (χ3n) is 5.25. The van der Waals surface area contributed by atoms with E-state index in [-0.39, 0.29) is 12.1 Å². The van der Waals surface area contributed by atoms with Crippen molar-refractivity contribution in [2.24, 2.45) is 0 Å². The fraction of sp³-hybridized carbons (Fsp3) is 0.500. The van der Waals surface area contributed by atoms with Crippen LogP contribution in [0.4, 0.5) is 10.6 Å². The zero-order chi connectivity index (χ0) is 18.8. The number of rotatable bonds is 3. The molecule has 4 rings (SSSR count). The number of carbonyl (C=O) groups is 1. The normalized spacial score (nSPS) is 20.6. The number of nitrogens with zero attached hydrogens (tertiary/aromatic N) is 4. The maximum absolute atomic E-state index is 12.9. The summed E-state index contributed by atoms with van der Waals surface area (Å²) in [6.07, 6.45) is 0. The highest BCUT2D eigenvalue weighted by Gasteiger charge is 2.32. The summed E-state index contributed by atoms with van der Waals surface area (Å²) >= 11 is 0. The van der Waals surface area contributed by atoms with Crippen LogP contribution < -0.4 is 5.32 Å². The number of amides is 2. The molecule has 3 heterocycles. The molecule has 2 aromatic rings. The number of urea groups is 1. The number of morpholine rings is 1. The van der Waals surface area contributed by atoms with Crippen LogP contribution in [-0.2, 0) is 4.74 Å². The van der Waals surface area contributed by atoms with Crippen LogP contribution in [0.3, 0.4) is 0 Å². The fourth-order valence-corrected chi connectivity index (χ4v) is 3.75. The summed E-state index contributed by atoms with van der Waals surface area (Å²) in [7, 11) is 0. The second-order valence-corrected chi connectivity index (χ2v) is 7.46. The van der Waals surface area contributed by atoms with Crippen molar-refractivity contribution in [1.29, 1.82) is 0 Å². The van der Waals surface area contributed by atoms with Gasteiger partial charge in [-0.2, -0.15) is 5.10 Å². The molecule has 2 saturated heterocycles. The average Bonchev–Trinajstić information content (AvgIpc) is 3.12. The molecular weight excluding hydrogens is 342 g/mol. The maximum atomic E-state index is 12.9. The van der Waals surface area contributed by atoms with E-state index in [1.54, 1.807) is 0 Å². The van der Waals surface area contributed by atoms with Crippen LogP contribution in [-0.4, -0.2) is 71.0 Å². The lowest BCUT2D eigenvalue weighted by molar-refractivity contribution is -0.0355. The van der Waals surface area contributed by atoms with E-state index in [4.69, 9.17) is 9.84 Å². The fourth-order valence-electron chi connectivity index (χ4n) is 3.75. The molecule has 0 spiro atoms. The number of ether oxygens (including phenoxy) is 1. The van der Waals surface area contributed by atoms with E-state index in [9.17, 15) is 4.79 Å². The van der Waals surface area contributed by atoms with Crippen LogP contribution in [0.5, 0.6) is 0 Å². The van der Waals surface area contributed by atoms with Crippen molar-refractivity contribution in [3.8, 4) is 11.3 Å². The average molecular weight is 369 g/mol. The van der Waals surface area contributed by atoms with Gasteiger partial charge in [0.15, 0.2) is 0 Å². The molecule has 144 valence electrons. The number of fused-ring (bicyclic) bond motifs is 1. The Bertz CT molecular complexity index is 789. The van der Waals surface area contributed by atoms with Crippen molar-refractivity contribution < 1.29 is 9.53 Å². The minimum absolute atomic E-state index is 0.0679. The van der Waals surface area contributed by atoms with Gasteiger partial charge in [-0.1, -0.05) is 30.3 Å². The molecule has 1 aromatic carbocycles. The molecular formula is C20H27N5O2. The highest BCUT2D eigenvalue weighted by Crippen LogP contribution is 2.25. The molecule has 0 aliphatic carbocycles. The Morgan fingerprint density at radius 3 is 2.81 bits per heavy atom. The molecule has 1 N–H and O–H groups in total. The Morgan fingerprint density at radius 1 is 1.22 bits per heavy atom. The summed E-state index contributed by atoms with van der Waals surface area (Å²) in [6.45, 7) is 8.92. The number of benzene rings is 1. The first kappa shape index (κ1) is 18.0. The summed E-state index contributed by atoms with van der Waals surface area (Å²) in [5.74, 6) is 0.733. The number of hydrogen-bond acceptors (Lipinski definition) is 4. The summed E-state index contributed by atoms with van der Waals surface area (Å²) in [4.78, 5) is 17.2. The van der Waals surface area contributed by atoms with Gasteiger partial charge in [0.1, 0.15) is 5.82 Å². The third kappa shape index (κ3) is 3.84. The molecule has 1 aromatic heterocycles. The number of piperazine rings is 1. The first-order valence-electron chi connectivity index (χ1n) is 9.64. The van der Waals surface area contributed by atoms with E-state index in [1.165, 1.54) is 0 Å². The SMILES string of the molecule is CC(C)n1nc(-c2ccccc2)cc1NC(=O)N1CCN2CCOCC2C1. The van der Waals surface area contributed by atoms with Gasteiger partial charge in [-0.25, -0.2) is 9.48 Å². The largest absolute Gasteiger partial charge is 0.378 e. The molecule has 2 aliphatic heterocycles. The predicted molar refractivity (Wildman–Crippen MR) is 105 cm³/mol. The zero-order valence-electron chi connectivity index (χ0n) is 16.0. The summed E-state index contributed by atoms with van der Waals surface area (Å²) < 4.78 is 7.45. The molecule has 2 amide bonds. The van der Waals surface area contributed by atoms with Crippen molar-refractivity contribution in [3.05, 3.63) is 36.4 Å². The maximum Gasteiger partial charge on any atom is 0.323 e. The molecule has 2 fully saturated rings. The van der Waals surface area contributed by atoms with Crippen molar-refractivity contribution in [2.75, 3.05) is 44.7 Å². The molecule has 0 bridgehead atoms. The van der Waals surface area contributed by atoms with Gasteiger partial charge in [0, 0.05) is 43.9 Å². The lowest BCUT2D eigenvalue weighted by Gasteiger charge is -2.43. The molecule has 27 heavy (non-hydrogen) atoms. The molecule has 7 heteroatoms. The Kier molecular flexibility index (Phi) is 5.13. The summed E-state index contributed by atoms with van der Waals surface area (Å²) in [5.41, 5.74) is 1.91. The van der Waals surface area contributed by atoms with Gasteiger partial charge in [0.25, 0.3) is 0 Å². The van der Waals surface area contributed by atoms with Crippen LogP contribution >= 0.6 is 0 Å². The van der Waals surface area contributed by atoms with Crippen molar-refractivity contribution in [3.63, 3.8) is 0 Å².